The largest absolute Gasteiger partial charge is 0.497 e. The third-order valence-electron chi connectivity index (χ3n) is 4.23. The fourth-order valence-corrected chi connectivity index (χ4v) is 3.83. The highest BCUT2D eigenvalue weighted by Crippen LogP contribution is 2.35. The molecule has 2 aromatic carbocycles. The van der Waals surface area contributed by atoms with E-state index in [0.29, 0.717) is 28.3 Å². The number of aliphatic imine (C=N–C) groups is 1. The average Bonchev–Trinajstić information content (AvgIpc) is 3.02. The van der Waals surface area contributed by atoms with Gasteiger partial charge in [-0.2, -0.15) is 0 Å². The zero-order chi connectivity index (χ0) is 21.5. The molecule has 0 aromatic heterocycles. The Labute approximate surface area is 181 Å². The molecule has 154 valence electrons. The highest BCUT2D eigenvalue weighted by atomic mass is 32.2. The van der Waals surface area contributed by atoms with Crippen molar-refractivity contribution >= 4 is 34.6 Å². The summed E-state index contributed by atoms with van der Waals surface area (Å²) in [6, 6.07) is 14.9. The molecule has 0 spiro atoms. The van der Waals surface area contributed by atoms with Crippen molar-refractivity contribution in [1.29, 1.82) is 0 Å². The van der Waals surface area contributed by atoms with Crippen molar-refractivity contribution in [3.63, 3.8) is 0 Å². The van der Waals surface area contributed by atoms with E-state index in [9.17, 15) is 4.79 Å². The molecular weight excluding hydrogens is 396 g/mol. The SMILES string of the molecule is C#CCOc1ccc(/C=C2\SC(=Nc3ccc(OC)cc3)N(CC(C)C)C2=O)cc1. The fraction of sp³-hybridized carbons (Fsp3) is 0.250. The summed E-state index contributed by atoms with van der Waals surface area (Å²) in [5.41, 5.74) is 1.69. The summed E-state index contributed by atoms with van der Waals surface area (Å²) in [7, 11) is 1.63. The fourth-order valence-electron chi connectivity index (χ4n) is 2.82. The Morgan fingerprint density at radius 1 is 1.13 bits per heavy atom. The summed E-state index contributed by atoms with van der Waals surface area (Å²) >= 11 is 1.39. The first-order valence-corrected chi connectivity index (χ1v) is 10.4. The van der Waals surface area contributed by atoms with E-state index in [1.807, 2.05) is 54.6 Å². The number of rotatable bonds is 7. The third kappa shape index (κ3) is 5.46. The van der Waals surface area contributed by atoms with Crippen molar-refractivity contribution < 1.29 is 14.3 Å². The van der Waals surface area contributed by atoms with Crippen LogP contribution in [0.3, 0.4) is 0 Å². The van der Waals surface area contributed by atoms with E-state index in [2.05, 4.69) is 19.8 Å². The van der Waals surface area contributed by atoms with Crippen LogP contribution < -0.4 is 9.47 Å². The highest BCUT2D eigenvalue weighted by Gasteiger charge is 2.33. The Morgan fingerprint density at radius 3 is 2.40 bits per heavy atom. The van der Waals surface area contributed by atoms with Crippen molar-refractivity contribution in [2.24, 2.45) is 10.9 Å². The molecule has 5 nitrogen and oxygen atoms in total. The van der Waals surface area contributed by atoms with Crippen LogP contribution in [0.25, 0.3) is 6.08 Å². The number of terminal acetylenes is 1. The third-order valence-corrected chi connectivity index (χ3v) is 5.24. The molecule has 0 radical (unpaired) electrons. The van der Waals surface area contributed by atoms with Gasteiger partial charge in [-0.3, -0.25) is 9.69 Å². The summed E-state index contributed by atoms with van der Waals surface area (Å²) in [4.78, 5) is 20.1. The van der Waals surface area contributed by atoms with Crippen LogP contribution in [0.5, 0.6) is 11.5 Å². The normalized spacial score (nSPS) is 16.4. The molecule has 0 atom stereocenters. The summed E-state index contributed by atoms with van der Waals surface area (Å²) in [6.07, 6.45) is 7.09. The second kappa shape index (κ2) is 10.0. The number of benzene rings is 2. The van der Waals surface area contributed by atoms with Crippen LogP contribution in [-0.4, -0.2) is 36.2 Å². The van der Waals surface area contributed by atoms with Gasteiger partial charge in [0.25, 0.3) is 5.91 Å². The second-order valence-corrected chi connectivity index (χ2v) is 8.08. The lowest BCUT2D eigenvalue weighted by Gasteiger charge is -2.17. The van der Waals surface area contributed by atoms with E-state index >= 15 is 0 Å². The Hall–Kier alpha value is -3.17. The zero-order valence-electron chi connectivity index (χ0n) is 17.3. The monoisotopic (exact) mass is 420 g/mol. The van der Waals surface area contributed by atoms with Crippen LogP contribution in [0.4, 0.5) is 5.69 Å². The Kier molecular flexibility index (Phi) is 7.21. The molecule has 0 saturated carbocycles. The number of hydrogen-bond donors (Lipinski definition) is 0. The summed E-state index contributed by atoms with van der Waals surface area (Å²) in [6.45, 7) is 5.00. The standard InChI is InChI=1S/C24H24N2O3S/c1-5-14-29-21-10-6-18(7-11-21)15-22-23(27)26(16-17(2)3)24(30-22)25-19-8-12-20(28-4)13-9-19/h1,6-13,15,17H,14,16H2,2-4H3/b22-15-,25-24?. The molecule has 1 heterocycles. The van der Waals surface area contributed by atoms with Gasteiger partial charge in [-0.25, -0.2) is 4.99 Å². The maximum atomic E-state index is 13.0. The maximum Gasteiger partial charge on any atom is 0.266 e. The highest BCUT2D eigenvalue weighted by molar-refractivity contribution is 8.18. The van der Waals surface area contributed by atoms with Gasteiger partial charge in [0, 0.05) is 6.54 Å². The van der Waals surface area contributed by atoms with E-state index in [1.54, 1.807) is 12.0 Å². The van der Waals surface area contributed by atoms with Crippen molar-refractivity contribution in [2.45, 2.75) is 13.8 Å². The molecule has 0 N–H and O–H groups in total. The quantitative estimate of drug-likeness (QED) is 0.469. The molecule has 3 rings (SSSR count). The predicted molar refractivity (Wildman–Crippen MR) is 123 cm³/mol. The van der Waals surface area contributed by atoms with Gasteiger partial charge in [-0.05, 0) is 65.7 Å². The Morgan fingerprint density at radius 2 is 1.80 bits per heavy atom. The molecule has 1 amide bonds. The first-order chi connectivity index (χ1) is 14.5. The van der Waals surface area contributed by atoms with E-state index in [4.69, 9.17) is 20.9 Å². The summed E-state index contributed by atoms with van der Waals surface area (Å²) in [5, 5.41) is 0.680. The van der Waals surface area contributed by atoms with E-state index in [1.165, 1.54) is 11.8 Å². The molecule has 1 aliphatic heterocycles. The van der Waals surface area contributed by atoms with Crippen LogP contribution in [0.15, 0.2) is 58.4 Å². The van der Waals surface area contributed by atoms with Crippen molar-refractivity contribution in [2.75, 3.05) is 20.3 Å². The van der Waals surface area contributed by atoms with Gasteiger partial charge in [0.1, 0.15) is 18.1 Å². The van der Waals surface area contributed by atoms with E-state index < -0.39 is 0 Å². The molecule has 1 fully saturated rings. The first-order valence-electron chi connectivity index (χ1n) is 9.60. The van der Waals surface area contributed by atoms with Gasteiger partial charge in [-0.15, -0.1) is 6.42 Å². The zero-order valence-corrected chi connectivity index (χ0v) is 18.1. The molecule has 1 aliphatic rings. The number of amidine groups is 1. The minimum absolute atomic E-state index is 0.0337. The van der Waals surface area contributed by atoms with Crippen LogP contribution in [0, 0.1) is 18.3 Å². The Bertz CT molecular complexity index is 987. The van der Waals surface area contributed by atoms with E-state index in [-0.39, 0.29) is 12.5 Å². The van der Waals surface area contributed by atoms with Crippen molar-refractivity contribution in [3.05, 3.63) is 59.0 Å². The number of nitrogens with zero attached hydrogens (tertiary/aromatic N) is 2. The van der Waals surface area contributed by atoms with Gasteiger partial charge in [-0.1, -0.05) is 31.9 Å². The van der Waals surface area contributed by atoms with Crippen LogP contribution >= 0.6 is 11.8 Å². The number of amides is 1. The van der Waals surface area contributed by atoms with Gasteiger partial charge in [0.15, 0.2) is 5.17 Å². The number of hydrogen-bond acceptors (Lipinski definition) is 5. The van der Waals surface area contributed by atoms with Gasteiger partial charge >= 0.3 is 0 Å². The second-order valence-electron chi connectivity index (χ2n) is 7.07. The number of ether oxygens (including phenoxy) is 2. The molecule has 0 aliphatic carbocycles. The average molecular weight is 421 g/mol. The van der Waals surface area contributed by atoms with Crippen LogP contribution in [0.1, 0.15) is 19.4 Å². The lowest BCUT2D eigenvalue weighted by Crippen LogP contribution is -2.32. The first kappa shape index (κ1) is 21.5. The smallest absolute Gasteiger partial charge is 0.266 e. The summed E-state index contributed by atoms with van der Waals surface area (Å²) < 4.78 is 10.6. The van der Waals surface area contributed by atoms with Crippen molar-refractivity contribution in [3.8, 4) is 23.8 Å². The molecule has 2 aromatic rings. The number of carbonyl (C=O) groups excluding carboxylic acids is 1. The molecule has 6 heteroatoms. The maximum absolute atomic E-state index is 13.0. The van der Waals surface area contributed by atoms with Gasteiger partial charge in [0.2, 0.25) is 0 Å². The minimum atomic E-state index is -0.0337. The molecule has 0 bridgehead atoms. The number of carbonyl (C=O) groups is 1. The molecule has 1 saturated heterocycles. The minimum Gasteiger partial charge on any atom is -0.497 e. The van der Waals surface area contributed by atoms with Crippen LogP contribution in [0.2, 0.25) is 0 Å². The van der Waals surface area contributed by atoms with Gasteiger partial charge in [0.05, 0.1) is 17.7 Å². The summed E-state index contributed by atoms with van der Waals surface area (Å²) in [5.74, 6) is 4.19. The Balaban J connectivity index is 1.85. The topological polar surface area (TPSA) is 51.1 Å². The lowest BCUT2D eigenvalue weighted by molar-refractivity contribution is -0.122. The number of thioether (sulfide) groups is 1. The number of methoxy groups -OCH3 is 1. The molecule has 30 heavy (non-hydrogen) atoms. The molecular formula is C24H24N2O3S. The van der Waals surface area contributed by atoms with Gasteiger partial charge < -0.3 is 9.47 Å². The molecule has 0 unspecified atom stereocenters. The van der Waals surface area contributed by atoms with E-state index in [0.717, 1.165) is 17.0 Å². The lowest BCUT2D eigenvalue weighted by atomic mass is 10.2. The van der Waals surface area contributed by atoms with Crippen LogP contribution in [-0.2, 0) is 4.79 Å². The predicted octanol–water partition coefficient (Wildman–Crippen LogP) is 4.97. The van der Waals surface area contributed by atoms with Crippen molar-refractivity contribution in [1.82, 2.24) is 4.90 Å².